The van der Waals surface area contributed by atoms with Crippen molar-refractivity contribution in [1.82, 2.24) is 0 Å². The Kier molecular flexibility index (Phi) is 14.3. The van der Waals surface area contributed by atoms with Gasteiger partial charge in [-0.05, 0) is 172 Å². The largest absolute Gasteiger partial charge is 0.522 e. The molecule has 4 aliphatic carbocycles. The number of hydrogen-bond donors (Lipinski definition) is 0. The lowest BCUT2D eigenvalue weighted by molar-refractivity contribution is 0.447. The van der Waals surface area contributed by atoms with Crippen molar-refractivity contribution in [3.63, 3.8) is 0 Å². The van der Waals surface area contributed by atoms with Crippen LogP contribution in [0.25, 0.3) is 88.2 Å². The lowest BCUT2D eigenvalue weighted by Crippen LogP contribution is -2.23. The maximum absolute atomic E-state index is 14.9. The van der Waals surface area contributed by atoms with Crippen molar-refractivity contribution in [3.05, 3.63) is 252 Å². The third-order valence-electron chi connectivity index (χ3n) is 13.8. The summed E-state index contributed by atoms with van der Waals surface area (Å²) in [6.45, 7) is 29.5. The van der Waals surface area contributed by atoms with E-state index in [2.05, 4.69) is 19.4 Å². The number of nitrogens with zero attached hydrogens (tertiary/aromatic N) is 10. The quantitative estimate of drug-likeness (QED) is 0.0739. The highest BCUT2D eigenvalue weighted by Crippen LogP contribution is 2.39. The molecule has 0 saturated carbocycles. The van der Waals surface area contributed by atoms with Crippen LogP contribution in [0.3, 0.4) is 0 Å². The maximum Gasteiger partial charge on any atom is 0.522 e. The highest BCUT2D eigenvalue weighted by molar-refractivity contribution is 5.89. The second kappa shape index (κ2) is 21.4. The highest BCUT2D eigenvalue weighted by atomic mass is 19.2. The fraction of sp³-hybridized carbons (Fsp3) is 0.0645. The molecular weight excluding hydrogens is 1070 g/mol. The van der Waals surface area contributed by atoms with Gasteiger partial charge in [-0.25, -0.2) is 43.9 Å². The molecule has 0 N–H and O–H groups in total. The van der Waals surface area contributed by atoms with Crippen molar-refractivity contribution in [2.24, 2.45) is 0 Å². The minimum Gasteiger partial charge on any atom is -0.205 e. The van der Waals surface area contributed by atoms with Gasteiger partial charge in [-0.15, -0.1) is 0 Å². The number of halogens is 10. The van der Waals surface area contributed by atoms with Crippen LogP contribution < -0.4 is 20.9 Å². The van der Waals surface area contributed by atoms with Crippen molar-refractivity contribution < 1.29 is 43.9 Å². The van der Waals surface area contributed by atoms with Crippen LogP contribution in [0.2, 0.25) is 0 Å². The molecule has 0 saturated heterocycles. The van der Waals surface area contributed by atoms with Crippen LogP contribution in [0.15, 0.2) is 93.6 Å². The molecule has 0 fully saturated rings. The fourth-order valence-corrected chi connectivity index (χ4v) is 10.5. The molecule has 0 aromatic heterocycles. The highest BCUT2D eigenvalue weighted by Gasteiger charge is 2.33. The van der Waals surface area contributed by atoms with Gasteiger partial charge in [0.05, 0.1) is 11.1 Å². The molecule has 6 aromatic rings. The van der Waals surface area contributed by atoms with Gasteiger partial charge < -0.3 is 0 Å². The number of rotatable bonds is 4. The molecule has 0 spiro atoms. The second-order valence-corrected chi connectivity index (χ2v) is 18.1. The van der Waals surface area contributed by atoms with Crippen LogP contribution in [-0.2, 0) is 25.7 Å². The molecule has 82 heavy (non-hydrogen) atoms. The number of benzene rings is 6. The first-order valence-electron chi connectivity index (χ1n) is 23.3. The molecule has 10 rings (SSSR count). The predicted octanol–water partition coefficient (Wildman–Crippen LogP) is 11.3. The minimum atomic E-state index is -1.71. The van der Waals surface area contributed by atoms with E-state index in [1.807, 2.05) is 0 Å². The van der Waals surface area contributed by atoms with Crippen molar-refractivity contribution >= 4 is 24.3 Å². The summed E-state index contributed by atoms with van der Waals surface area (Å²) < 4.78 is 145. The average Bonchev–Trinajstić information content (AvgIpc) is 4.38. The first kappa shape index (κ1) is 54.7. The molecule has 10 nitrogen and oxygen atoms in total. The number of allylic oxidation sites excluding steroid dienone is 6. The van der Waals surface area contributed by atoms with Crippen LogP contribution in [-0.4, -0.2) is 0 Å². The SMILES string of the molecule is [C-]#[N+]C([N+]#[C-])=C1C=c2c(c(-c3cc(F)c(C#N)c(F)c3)c3c(c2-c2cc(F)c(C#N)c(F)c2)CC(=C(C#N)C#N)C=3)C1.[C-]#[N+]C([N+]#[C-])=C1C=c2c(c(-c3cc(F)c(F)c(F)c3)c3c(c2-c2cc(F)c(F)c(F)c2)CC(=C(C#N)C#N)C=3)C1. The van der Waals surface area contributed by atoms with E-state index < -0.39 is 69.3 Å². The lowest BCUT2D eigenvalue weighted by Gasteiger charge is -2.17. The molecule has 20 heteroatoms. The van der Waals surface area contributed by atoms with Crippen LogP contribution in [0.4, 0.5) is 43.9 Å². The Morgan fingerprint density at radius 1 is 0.341 bits per heavy atom. The predicted molar refractivity (Wildman–Crippen MR) is 272 cm³/mol. The fourth-order valence-electron chi connectivity index (χ4n) is 10.5. The molecule has 0 unspecified atom stereocenters. The van der Waals surface area contributed by atoms with Crippen LogP contribution in [0.5, 0.6) is 0 Å². The van der Waals surface area contributed by atoms with Gasteiger partial charge in [-0.1, -0.05) is 12.2 Å². The van der Waals surface area contributed by atoms with E-state index >= 15 is 0 Å². The molecular formula is C62H20F10N10. The van der Waals surface area contributed by atoms with Gasteiger partial charge >= 0.3 is 11.6 Å². The summed E-state index contributed by atoms with van der Waals surface area (Å²) >= 11 is 0. The van der Waals surface area contributed by atoms with E-state index in [1.54, 1.807) is 24.3 Å². The Hall–Kier alpha value is -12.0. The topological polar surface area (TPSA) is 160 Å². The van der Waals surface area contributed by atoms with Crippen molar-refractivity contribution in [2.45, 2.75) is 25.7 Å². The Bertz CT molecular complexity index is 4470. The van der Waals surface area contributed by atoms with Gasteiger partial charge in [0, 0.05) is 12.8 Å². The first-order valence-corrected chi connectivity index (χ1v) is 23.3. The monoisotopic (exact) mass is 1090 g/mol. The zero-order valence-corrected chi connectivity index (χ0v) is 41.0. The summed E-state index contributed by atoms with van der Waals surface area (Å²) in [5, 5.41) is 57.4. The van der Waals surface area contributed by atoms with E-state index in [0.717, 1.165) is 48.5 Å². The summed E-state index contributed by atoms with van der Waals surface area (Å²) in [6, 6.07) is 16.9. The number of fused-ring (bicyclic) bond motifs is 4. The Balaban J connectivity index is 0.000000198. The molecule has 0 bridgehead atoms. The Labute approximate surface area is 456 Å². The van der Waals surface area contributed by atoms with Crippen LogP contribution >= 0.6 is 0 Å². The summed E-state index contributed by atoms with van der Waals surface area (Å²) in [5.74, 6) is -14.5. The molecule has 0 amide bonds. The van der Waals surface area contributed by atoms with Crippen LogP contribution in [0, 0.1) is 152 Å². The Morgan fingerprint density at radius 2 is 0.561 bits per heavy atom. The van der Waals surface area contributed by atoms with Crippen molar-refractivity contribution in [3.8, 4) is 80.9 Å². The number of nitriles is 6. The van der Waals surface area contributed by atoms with Gasteiger partial charge in [0.15, 0.2) is 34.9 Å². The van der Waals surface area contributed by atoms with E-state index in [-0.39, 0.29) is 137 Å². The van der Waals surface area contributed by atoms with E-state index in [0.29, 0.717) is 21.6 Å². The van der Waals surface area contributed by atoms with Gasteiger partial charge in [0.2, 0.25) is 0 Å². The third kappa shape index (κ3) is 9.00. The average molecular weight is 1090 g/mol. The van der Waals surface area contributed by atoms with Crippen molar-refractivity contribution in [2.75, 3.05) is 0 Å². The second-order valence-electron chi connectivity index (χ2n) is 18.1. The first-order chi connectivity index (χ1) is 39.3. The zero-order chi connectivity index (χ0) is 59.2. The normalized spacial score (nSPS) is 12.5. The summed E-state index contributed by atoms with van der Waals surface area (Å²) in [6.07, 6.45) is 5.43. The van der Waals surface area contributed by atoms with E-state index in [4.69, 9.17) is 36.8 Å². The maximum atomic E-state index is 14.9. The van der Waals surface area contributed by atoms with Gasteiger partial charge in [0.25, 0.3) is 0 Å². The van der Waals surface area contributed by atoms with Gasteiger partial charge in [0.1, 0.15) is 108 Å². The molecule has 0 atom stereocenters. The summed E-state index contributed by atoms with van der Waals surface area (Å²) in [7, 11) is 0. The smallest absolute Gasteiger partial charge is 0.205 e. The third-order valence-corrected chi connectivity index (χ3v) is 13.8. The molecule has 4 aliphatic rings. The molecule has 0 aliphatic heterocycles. The molecule has 6 aromatic carbocycles. The molecule has 0 radical (unpaired) electrons. The van der Waals surface area contributed by atoms with E-state index in [1.165, 1.54) is 36.4 Å². The van der Waals surface area contributed by atoms with Gasteiger partial charge in [-0.3, -0.25) is 0 Å². The molecule has 388 valence electrons. The van der Waals surface area contributed by atoms with Crippen LogP contribution in [0.1, 0.15) is 33.4 Å². The molecule has 0 heterocycles. The minimum absolute atomic E-state index is 0.00460. The standard InChI is InChI=1S/C32H10F4N6.C30H10F6N4/c1-41-32(42-2)18-5-22-23(6-18)31(17-9-28(35)25(14-40)29(36)10-17)21-4-15(19(11-37)12-38)3-20(21)30(22)16-7-26(33)24(13-39)27(34)8-16;1-39-30(40-2)16-5-20-21(6-16)27(15-9-24(33)29(36)25(34)10-15)19-4-13(17(11-37)12-38)3-18(19)26(20)14-7-22(31)28(35)23(32)8-14/h3,6-10H,4-5H2;3,6-10H,4-5H2. The lowest BCUT2D eigenvalue weighted by atomic mass is 9.86. The van der Waals surface area contributed by atoms with Crippen molar-refractivity contribution in [1.29, 1.82) is 31.6 Å². The summed E-state index contributed by atoms with van der Waals surface area (Å²) in [4.78, 5) is 12.9. The summed E-state index contributed by atoms with van der Waals surface area (Å²) in [5.41, 5.74) is 0.631. The Morgan fingerprint density at radius 3 is 0.780 bits per heavy atom. The van der Waals surface area contributed by atoms with Gasteiger partial charge in [-0.2, -0.15) is 51.0 Å². The number of hydrogen-bond acceptors (Lipinski definition) is 6. The van der Waals surface area contributed by atoms with E-state index in [9.17, 15) is 65.0 Å². The zero-order valence-electron chi connectivity index (χ0n) is 41.0.